The van der Waals surface area contributed by atoms with E-state index in [1.165, 1.54) is 11.3 Å². The van der Waals surface area contributed by atoms with Crippen LogP contribution in [0.15, 0.2) is 30.5 Å². The highest BCUT2D eigenvalue weighted by Crippen LogP contribution is 2.29. The first-order valence-corrected chi connectivity index (χ1v) is 5.72. The lowest BCUT2D eigenvalue weighted by molar-refractivity contribution is 0.475. The Bertz CT molecular complexity index is 602. The number of phenols is 1. The van der Waals surface area contributed by atoms with Gasteiger partial charge < -0.3 is 9.67 Å². The van der Waals surface area contributed by atoms with Crippen LogP contribution < -0.4 is 0 Å². The first-order valence-electron chi connectivity index (χ1n) is 5.72. The Hall–Kier alpha value is -2.21. The van der Waals surface area contributed by atoms with Crippen LogP contribution in [-0.4, -0.2) is 9.67 Å². The minimum absolute atomic E-state index is 0.262. The van der Waals surface area contributed by atoms with Crippen molar-refractivity contribution in [2.24, 2.45) is 0 Å². The molecule has 0 amide bonds. The maximum absolute atomic E-state index is 9.29. The summed E-state index contributed by atoms with van der Waals surface area (Å²) in [4.78, 5) is 0. The van der Waals surface area contributed by atoms with E-state index >= 15 is 0 Å². The highest BCUT2D eigenvalue weighted by molar-refractivity contribution is 5.49. The molecule has 3 nitrogen and oxygen atoms in total. The van der Waals surface area contributed by atoms with Crippen molar-refractivity contribution in [2.45, 2.75) is 19.3 Å². The van der Waals surface area contributed by atoms with Gasteiger partial charge in [-0.3, -0.25) is 0 Å². The smallest absolute Gasteiger partial charge is 0.115 e. The second-order valence-corrected chi connectivity index (χ2v) is 4.32. The number of hydrogen-bond acceptors (Lipinski definition) is 2. The maximum Gasteiger partial charge on any atom is 0.115 e. The van der Waals surface area contributed by atoms with Crippen molar-refractivity contribution >= 4 is 0 Å². The second kappa shape index (κ2) is 3.67. The van der Waals surface area contributed by atoms with Crippen LogP contribution in [0.4, 0.5) is 0 Å². The molecule has 1 N–H and O–H groups in total. The number of nitriles is 1. The van der Waals surface area contributed by atoms with Gasteiger partial charge in [0.25, 0.3) is 0 Å². The van der Waals surface area contributed by atoms with E-state index in [1.54, 1.807) is 12.1 Å². The number of nitrogens with zero attached hydrogens (tertiary/aromatic N) is 2. The number of aromatic nitrogens is 1. The highest BCUT2D eigenvalue weighted by Gasteiger charge is 2.20. The van der Waals surface area contributed by atoms with Crippen LogP contribution in [0.2, 0.25) is 0 Å². The zero-order valence-electron chi connectivity index (χ0n) is 9.35. The Balaban J connectivity index is 2.16. The summed E-state index contributed by atoms with van der Waals surface area (Å²) >= 11 is 0. The summed E-state index contributed by atoms with van der Waals surface area (Å²) in [7, 11) is 0. The number of fused-ring (bicyclic) bond motifs is 1. The summed E-state index contributed by atoms with van der Waals surface area (Å²) in [5.74, 6) is 0.262. The molecule has 1 heterocycles. The van der Waals surface area contributed by atoms with E-state index < -0.39 is 0 Å². The molecule has 1 aromatic carbocycles. The van der Waals surface area contributed by atoms with Crippen LogP contribution in [0.3, 0.4) is 0 Å². The summed E-state index contributed by atoms with van der Waals surface area (Å²) in [5.41, 5.74) is 4.22. The molecule has 1 aliphatic rings. The van der Waals surface area contributed by atoms with Gasteiger partial charge in [-0.2, -0.15) is 5.26 Å². The van der Waals surface area contributed by atoms with Gasteiger partial charge in [0, 0.05) is 17.6 Å². The van der Waals surface area contributed by atoms with Crippen molar-refractivity contribution in [2.75, 3.05) is 0 Å². The molecule has 2 aromatic rings. The minimum atomic E-state index is 0.262. The number of benzene rings is 1. The van der Waals surface area contributed by atoms with E-state index in [1.807, 2.05) is 18.3 Å². The second-order valence-electron chi connectivity index (χ2n) is 4.32. The van der Waals surface area contributed by atoms with Crippen molar-refractivity contribution < 1.29 is 5.11 Å². The SMILES string of the molecule is N#Cc1cn(-c2ccc(O)cc2)c2c1CCC2. The van der Waals surface area contributed by atoms with Gasteiger partial charge in [0.15, 0.2) is 0 Å². The molecule has 3 heteroatoms. The van der Waals surface area contributed by atoms with E-state index in [0.717, 1.165) is 30.5 Å². The Labute approximate surface area is 99.5 Å². The number of aromatic hydroxyl groups is 1. The lowest BCUT2D eigenvalue weighted by Crippen LogP contribution is -1.96. The van der Waals surface area contributed by atoms with Crippen molar-refractivity contribution in [1.82, 2.24) is 4.57 Å². The van der Waals surface area contributed by atoms with Crippen LogP contribution in [0.1, 0.15) is 23.2 Å². The first-order chi connectivity index (χ1) is 8.29. The third-order valence-electron chi connectivity index (χ3n) is 3.31. The lowest BCUT2D eigenvalue weighted by atomic mass is 10.2. The van der Waals surface area contributed by atoms with Gasteiger partial charge >= 0.3 is 0 Å². The summed E-state index contributed by atoms with van der Waals surface area (Å²) in [6.45, 7) is 0. The lowest BCUT2D eigenvalue weighted by Gasteiger charge is -2.07. The molecule has 1 aromatic heterocycles. The number of hydrogen-bond donors (Lipinski definition) is 1. The Morgan fingerprint density at radius 1 is 1.18 bits per heavy atom. The summed E-state index contributed by atoms with van der Waals surface area (Å²) in [6, 6.07) is 9.34. The van der Waals surface area contributed by atoms with Gasteiger partial charge in [0.1, 0.15) is 11.8 Å². The highest BCUT2D eigenvalue weighted by atomic mass is 16.3. The zero-order chi connectivity index (χ0) is 11.8. The Kier molecular flexibility index (Phi) is 2.15. The molecule has 84 valence electrons. The van der Waals surface area contributed by atoms with Crippen LogP contribution in [0.5, 0.6) is 5.75 Å². The van der Waals surface area contributed by atoms with Gasteiger partial charge in [-0.05, 0) is 49.1 Å². The van der Waals surface area contributed by atoms with Gasteiger partial charge in [-0.25, -0.2) is 0 Å². The fourth-order valence-corrected chi connectivity index (χ4v) is 2.51. The number of phenolic OH excluding ortho intramolecular Hbond substituents is 1. The summed E-state index contributed by atoms with van der Waals surface area (Å²) < 4.78 is 2.07. The van der Waals surface area contributed by atoms with E-state index in [2.05, 4.69) is 10.6 Å². The molecule has 0 saturated carbocycles. The predicted molar refractivity (Wildman–Crippen MR) is 64.2 cm³/mol. The number of rotatable bonds is 1. The monoisotopic (exact) mass is 224 g/mol. The van der Waals surface area contributed by atoms with Gasteiger partial charge in [0.2, 0.25) is 0 Å². The van der Waals surface area contributed by atoms with E-state index in [-0.39, 0.29) is 5.75 Å². The Morgan fingerprint density at radius 2 is 1.94 bits per heavy atom. The maximum atomic E-state index is 9.29. The molecule has 0 unspecified atom stereocenters. The van der Waals surface area contributed by atoms with Crippen LogP contribution in [0.25, 0.3) is 5.69 Å². The fourth-order valence-electron chi connectivity index (χ4n) is 2.51. The molecule has 3 rings (SSSR count). The van der Waals surface area contributed by atoms with Crippen molar-refractivity contribution in [3.8, 4) is 17.5 Å². The normalized spacial score (nSPS) is 13.4. The molecule has 0 aliphatic heterocycles. The molecular formula is C14H12N2O. The molecule has 0 fully saturated rings. The molecule has 0 atom stereocenters. The molecule has 17 heavy (non-hydrogen) atoms. The third-order valence-corrected chi connectivity index (χ3v) is 3.31. The summed E-state index contributed by atoms with van der Waals surface area (Å²) in [5, 5.41) is 18.4. The molecule has 1 aliphatic carbocycles. The van der Waals surface area contributed by atoms with Crippen LogP contribution >= 0.6 is 0 Å². The van der Waals surface area contributed by atoms with Gasteiger partial charge in [0.05, 0.1) is 5.56 Å². The fraction of sp³-hybridized carbons (Fsp3) is 0.214. The van der Waals surface area contributed by atoms with Gasteiger partial charge in [-0.1, -0.05) is 0 Å². The van der Waals surface area contributed by atoms with E-state index in [9.17, 15) is 5.11 Å². The molecule has 0 spiro atoms. The molecule has 0 bridgehead atoms. The average Bonchev–Trinajstić information content (AvgIpc) is 2.91. The predicted octanol–water partition coefficient (Wildman–Crippen LogP) is 2.54. The van der Waals surface area contributed by atoms with Crippen LogP contribution in [-0.2, 0) is 12.8 Å². The quantitative estimate of drug-likeness (QED) is 0.809. The average molecular weight is 224 g/mol. The van der Waals surface area contributed by atoms with Crippen molar-refractivity contribution in [3.63, 3.8) is 0 Å². The van der Waals surface area contributed by atoms with Crippen molar-refractivity contribution in [1.29, 1.82) is 5.26 Å². The largest absolute Gasteiger partial charge is 0.508 e. The minimum Gasteiger partial charge on any atom is -0.508 e. The third kappa shape index (κ3) is 1.50. The Morgan fingerprint density at radius 3 is 2.65 bits per heavy atom. The molecule has 0 saturated heterocycles. The standard InChI is InChI=1S/C14H12N2O/c15-8-10-9-16(14-3-1-2-13(10)14)11-4-6-12(17)7-5-11/h4-7,9,17H,1-3H2. The van der Waals surface area contributed by atoms with E-state index in [4.69, 9.17) is 5.26 Å². The molecular weight excluding hydrogens is 212 g/mol. The molecule has 0 radical (unpaired) electrons. The van der Waals surface area contributed by atoms with Crippen LogP contribution in [0, 0.1) is 11.3 Å². The van der Waals surface area contributed by atoms with E-state index in [0.29, 0.717) is 0 Å². The topological polar surface area (TPSA) is 49.0 Å². The zero-order valence-corrected chi connectivity index (χ0v) is 9.35. The summed E-state index contributed by atoms with van der Waals surface area (Å²) in [6.07, 6.45) is 5.05. The first kappa shape index (κ1) is 9.98. The van der Waals surface area contributed by atoms with Crippen molar-refractivity contribution in [3.05, 3.63) is 47.3 Å². The van der Waals surface area contributed by atoms with Gasteiger partial charge in [-0.15, -0.1) is 0 Å².